The molecule has 0 amide bonds. The van der Waals surface area contributed by atoms with Crippen LogP contribution >= 0.6 is 24.0 Å². The van der Waals surface area contributed by atoms with Crippen molar-refractivity contribution in [1.82, 2.24) is 10.6 Å². The summed E-state index contributed by atoms with van der Waals surface area (Å²) in [5.41, 5.74) is 1.15. The van der Waals surface area contributed by atoms with Crippen molar-refractivity contribution in [2.75, 3.05) is 31.6 Å². The Morgan fingerprint density at radius 2 is 2.14 bits per heavy atom. The summed E-state index contributed by atoms with van der Waals surface area (Å²) >= 11 is 0. The monoisotopic (exact) mass is 512 g/mol. The second-order valence-corrected chi connectivity index (χ2v) is 7.26. The van der Waals surface area contributed by atoms with Gasteiger partial charge in [-0.15, -0.1) is 24.0 Å². The minimum atomic E-state index is 0. The van der Waals surface area contributed by atoms with Crippen LogP contribution in [0.2, 0.25) is 0 Å². The molecule has 1 fully saturated rings. The first-order valence-corrected chi connectivity index (χ1v) is 10.2. The van der Waals surface area contributed by atoms with Crippen LogP contribution in [0.4, 0.5) is 5.69 Å². The zero-order valence-corrected chi connectivity index (χ0v) is 19.9. The van der Waals surface area contributed by atoms with E-state index in [-0.39, 0.29) is 24.0 Å². The van der Waals surface area contributed by atoms with Gasteiger partial charge in [0.05, 0.1) is 19.1 Å². The number of anilines is 1. The normalized spacial score (nSPS) is 17.6. The molecule has 3 rings (SSSR count). The van der Waals surface area contributed by atoms with E-state index in [1.54, 1.807) is 13.4 Å². The number of halogens is 1. The van der Waals surface area contributed by atoms with Gasteiger partial charge in [0, 0.05) is 38.1 Å². The van der Waals surface area contributed by atoms with Crippen molar-refractivity contribution in [2.45, 2.75) is 45.2 Å². The lowest BCUT2D eigenvalue weighted by Gasteiger charge is -2.23. The molecule has 1 aliphatic rings. The van der Waals surface area contributed by atoms with Crippen LogP contribution in [0.3, 0.4) is 0 Å². The topological polar surface area (TPSA) is 62.0 Å². The van der Waals surface area contributed by atoms with E-state index in [0.717, 1.165) is 55.5 Å². The lowest BCUT2D eigenvalue weighted by atomic mass is 10.2. The van der Waals surface area contributed by atoms with Crippen molar-refractivity contribution in [3.8, 4) is 5.75 Å². The first-order valence-electron chi connectivity index (χ1n) is 10.2. The summed E-state index contributed by atoms with van der Waals surface area (Å²) in [6.45, 7) is 6.99. The van der Waals surface area contributed by atoms with Gasteiger partial charge in [0.2, 0.25) is 0 Å². The quantitative estimate of drug-likeness (QED) is 0.318. The smallest absolute Gasteiger partial charge is 0.191 e. The van der Waals surface area contributed by atoms with Gasteiger partial charge in [0.1, 0.15) is 11.5 Å². The maximum atomic E-state index is 5.52. The molecule has 6 nitrogen and oxygen atoms in total. The maximum Gasteiger partial charge on any atom is 0.191 e. The van der Waals surface area contributed by atoms with Crippen LogP contribution in [0.5, 0.6) is 5.75 Å². The molecule has 0 spiro atoms. The standard InChI is InChI=1S/C22H32N4O2.HI/c1-4-17(2)24-22(23-13-11-19-8-7-15-28-19)25-18-12-14-26(16-18)20-9-5-6-10-21(20)27-3;/h5-10,15,17-18H,4,11-14,16H2,1-3H3,(H2,23,24,25);1H. The third-order valence-electron chi connectivity index (χ3n) is 5.16. The lowest BCUT2D eigenvalue weighted by molar-refractivity contribution is 0.415. The number of nitrogens with zero attached hydrogens (tertiary/aromatic N) is 2. The first kappa shape index (κ1) is 23.4. The summed E-state index contributed by atoms with van der Waals surface area (Å²) in [6, 6.07) is 12.8. The molecule has 7 heteroatoms. The molecule has 1 aromatic carbocycles. The van der Waals surface area contributed by atoms with Gasteiger partial charge in [-0.1, -0.05) is 19.1 Å². The number of benzene rings is 1. The maximum absolute atomic E-state index is 5.52. The van der Waals surface area contributed by atoms with Crippen molar-refractivity contribution in [2.24, 2.45) is 4.99 Å². The second kappa shape index (κ2) is 11.9. The highest BCUT2D eigenvalue weighted by Crippen LogP contribution is 2.30. The summed E-state index contributed by atoms with van der Waals surface area (Å²) in [7, 11) is 1.73. The van der Waals surface area contributed by atoms with Gasteiger partial charge in [0.25, 0.3) is 0 Å². The van der Waals surface area contributed by atoms with Crippen molar-refractivity contribution >= 4 is 35.6 Å². The van der Waals surface area contributed by atoms with Crippen LogP contribution < -0.4 is 20.3 Å². The zero-order valence-electron chi connectivity index (χ0n) is 17.6. The molecule has 0 radical (unpaired) electrons. The number of ether oxygens (including phenoxy) is 1. The number of aliphatic imine (C=N–C) groups is 1. The van der Waals surface area contributed by atoms with Gasteiger partial charge in [-0.25, -0.2) is 0 Å². The number of furan rings is 1. The molecule has 0 saturated carbocycles. The summed E-state index contributed by atoms with van der Waals surface area (Å²) in [6.07, 6.45) is 4.63. The van der Waals surface area contributed by atoms with E-state index >= 15 is 0 Å². The molecule has 1 saturated heterocycles. The minimum Gasteiger partial charge on any atom is -0.495 e. The van der Waals surface area contributed by atoms with E-state index in [4.69, 9.17) is 14.1 Å². The molecule has 29 heavy (non-hydrogen) atoms. The van der Waals surface area contributed by atoms with Crippen LogP contribution in [0, 0.1) is 0 Å². The molecule has 0 bridgehead atoms. The van der Waals surface area contributed by atoms with Crippen molar-refractivity contribution < 1.29 is 9.15 Å². The predicted octanol–water partition coefficient (Wildman–Crippen LogP) is 4.06. The summed E-state index contributed by atoms with van der Waals surface area (Å²) < 4.78 is 10.9. The van der Waals surface area contributed by atoms with Crippen LogP contribution in [-0.4, -0.2) is 44.8 Å². The minimum absolute atomic E-state index is 0. The van der Waals surface area contributed by atoms with E-state index in [1.807, 2.05) is 24.3 Å². The van der Waals surface area contributed by atoms with Crippen molar-refractivity contribution in [1.29, 1.82) is 0 Å². The molecular formula is C22H33IN4O2. The van der Waals surface area contributed by atoms with Gasteiger partial charge in [-0.05, 0) is 44.0 Å². The number of methoxy groups -OCH3 is 1. The average Bonchev–Trinajstić information content (AvgIpc) is 3.40. The molecule has 2 atom stereocenters. The highest BCUT2D eigenvalue weighted by Gasteiger charge is 2.25. The molecule has 2 unspecified atom stereocenters. The lowest BCUT2D eigenvalue weighted by Crippen LogP contribution is -2.47. The van der Waals surface area contributed by atoms with E-state index in [1.165, 1.54) is 0 Å². The fraction of sp³-hybridized carbons (Fsp3) is 0.500. The Morgan fingerprint density at radius 3 is 2.86 bits per heavy atom. The van der Waals surface area contributed by atoms with E-state index in [0.29, 0.717) is 18.6 Å². The van der Waals surface area contributed by atoms with Crippen LogP contribution in [-0.2, 0) is 6.42 Å². The second-order valence-electron chi connectivity index (χ2n) is 7.26. The van der Waals surface area contributed by atoms with Crippen LogP contribution in [0.25, 0.3) is 0 Å². The van der Waals surface area contributed by atoms with Gasteiger partial charge in [-0.3, -0.25) is 4.99 Å². The Hall–Kier alpha value is -1.90. The largest absolute Gasteiger partial charge is 0.495 e. The van der Waals surface area contributed by atoms with Gasteiger partial charge < -0.3 is 24.7 Å². The van der Waals surface area contributed by atoms with Gasteiger partial charge in [0.15, 0.2) is 5.96 Å². The Balaban J connectivity index is 0.00000300. The number of guanidine groups is 1. The molecule has 1 aliphatic heterocycles. The summed E-state index contributed by atoms with van der Waals surface area (Å²) in [5.74, 6) is 2.77. The molecular weight excluding hydrogens is 479 g/mol. The number of hydrogen-bond donors (Lipinski definition) is 2. The highest BCUT2D eigenvalue weighted by molar-refractivity contribution is 14.0. The predicted molar refractivity (Wildman–Crippen MR) is 130 cm³/mol. The Kier molecular flexibility index (Phi) is 9.63. The third kappa shape index (κ3) is 6.83. The van der Waals surface area contributed by atoms with Gasteiger partial charge >= 0.3 is 0 Å². The highest BCUT2D eigenvalue weighted by atomic mass is 127. The van der Waals surface area contributed by atoms with Crippen molar-refractivity contribution in [3.63, 3.8) is 0 Å². The molecule has 1 aromatic heterocycles. The van der Waals surface area contributed by atoms with E-state index < -0.39 is 0 Å². The zero-order chi connectivity index (χ0) is 19.8. The molecule has 160 valence electrons. The van der Waals surface area contributed by atoms with E-state index in [2.05, 4.69) is 41.5 Å². The number of rotatable bonds is 8. The van der Waals surface area contributed by atoms with E-state index in [9.17, 15) is 0 Å². The summed E-state index contributed by atoms with van der Waals surface area (Å²) in [5, 5.41) is 7.14. The summed E-state index contributed by atoms with van der Waals surface area (Å²) in [4.78, 5) is 7.15. The average molecular weight is 512 g/mol. The Morgan fingerprint density at radius 1 is 1.31 bits per heavy atom. The molecule has 2 heterocycles. The first-order chi connectivity index (χ1) is 13.7. The molecule has 2 aromatic rings. The number of hydrogen-bond acceptors (Lipinski definition) is 4. The number of nitrogens with one attached hydrogen (secondary N) is 2. The molecule has 0 aliphatic carbocycles. The fourth-order valence-electron chi connectivity index (χ4n) is 3.38. The van der Waals surface area contributed by atoms with Crippen LogP contribution in [0.1, 0.15) is 32.4 Å². The van der Waals surface area contributed by atoms with Crippen LogP contribution in [0.15, 0.2) is 52.1 Å². The Labute approximate surface area is 191 Å². The third-order valence-corrected chi connectivity index (χ3v) is 5.16. The fourth-order valence-corrected chi connectivity index (χ4v) is 3.38. The SMILES string of the molecule is CCC(C)NC(=NCCc1ccco1)NC1CCN(c2ccccc2OC)C1.I. The van der Waals surface area contributed by atoms with Gasteiger partial charge in [-0.2, -0.15) is 0 Å². The molecule has 2 N–H and O–H groups in total. The number of para-hydroxylation sites is 2. The van der Waals surface area contributed by atoms with Crippen molar-refractivity contribution in [3.05, 3.63) is 48.4 Å². The Bertz CT molecular complexity index is 751.